The maximum absolute atomic E-state index is 12.3. The Morgan fingerprint density at radius 3 is 2.41 bits per heavy atom. The molecule has 0 spiro atoms. The summed E-state index contributed by atoms with van der Waals surface area (Å²) in [6, 6.07) is 7.60. The fourth-order valence-electron chi connectivity index (χ4n) is 2.78. The number of thioether (sulfide) groups is 1. The minimum atomic E-state index is -0.423. The second-order valence-corrected chi connectivity index (χ2v) is 7.41. The molecule has 0 aliphatic rings. The smallest absolute Gasteiger partial charge is 0.326 e. The number of hydrogen-bond acceptors (Lipinski definition) is 5. The monoisotopic (exact) mass is 387 g/mol. The summed E-state index contributed by atoms with van der Waals surface area (Å²) in [5.74, 6) is 0.414. The highest BCUT2D eigenvalue weighted by molar-refractivity contribution is 7.99. The van der Waals surface area contributed by atoms with Gasteiger partial charge in [0.25, 0.3) is 5.56 Å². The molecule has 3 rings (SSSR count). The molecular weight excluding hydrogens is 366 g/mol. The van der Waals surface area contributed by atoms with Crippen molar-refractivity contribution in [1.29, 1.82) is 0 Å². The maximum Gasteiger partial charge on any atom is 0.332 e. The van der Waals surface area contributed by atoms with Gasteiger partial charge in [-0.2, -0.15) is 0 Å². The highest BCUT2D eigenvalue weighted by atomic mass is 32.2. The molecule has 0 bridgehead atoms. The van der Waals surface area contributed by atoms with Crippen molar-refractivity contribution in [3.63, 3.8) is 0 Å². The van der Waals surface area contributed by atoms with E-state index >= 15 is 0 Å². The first-order chi connectivity index (χ1) is 12.8. The van der Waals surface area contributed by atoms with Gasteiger partial charge in [0.2, 0.25) is 5.91 Å². The minimum Gasteiger partial charge on any atom is -0.326 e. The summed E-state index contributed by atoms with van der Waals surface area (Å²) in [6.45, 7) is 1.99. The molecule has 3 aromatic rings. The molecule has 8 nitrogen and oxygen atoms in total. The van der Waals surface area contributed by atoms with Gasteiger partial charge in [0.15, 0.2) is 16.3 Å². The molecule has 9 heteroatoms. The Hall–Kier alpha value is -2.81. The van der Waals surface area contributed by atoms with Crippen molar-refractivity contribution >= 4 is 34.5 Å². The van der Waals surface area contributed by atoms with Gasteiger partial charge < -0.3 is 9.88 Å². The molecule has 2 heterocycles. The van der Waals surface area contributed by atoms with Crippen LogP contribution < -0.4 is 16.6 Å². The molecule has 0 aliphatic heterocycles. The topological polar surface area (TPSA) is 90.9 Å². The summed E-state index contributed by atoms with van der Waals surface area (Å²) in [6.07, 6.45) is 0.304. The van der Waals surface area contributed by atoms with Gasteiger partial charge in [0, 0.05) is 39.0 Å². The molecule has 1 amide bonds. The lowest BCUT2D eigenvalue weighted by Crippen LogP contribution is -2.37. The van der Waals surface area contributed by atoms with Crippen molar-refractivity contribution in [2.24, 2.45) is 21.1 Å². The van der Waals surface area contributed by atoms with Crippen LogP contribution in [-0.2, 0) is 25.9 Å². The zero-order valence-electron chi connectivity index (χ0n) is 15.6. The normalized spacial score (nSPS) is 11.1. The standard InChI is InChI=1S/C18H21N5O3S/c1-11-5-7-12(8-6-11)19-13(24)9-10-27-17-20-14-15(21(17)2)22(3)18(26)23(4)16(14)25/h5-8H,9-10H2,1-4H3,(H,19,24). The van der Waals surface area contributed by atoms with E-state index < -0.39 is 11.2 Å². The number of aryl methyl sites for hydroxylation is 3. The van der Waals surface area contributed by atoms with E-state index in [4.69, 9.17) is 0 Å². The Kier molecular flexibility index (Phi) is 5.22. The van der Waals surface area contributed by atoms with Gasteiger partial charge in [-0.25, -0.2) is 9.78 Å². The first-order valence-electron chi connectivity index (χ1n) is 8.41. The molecule has 27 heavy (non-hydrogen) atoms. The van der Waals surface area contributed by atoms with Crippen LogP contribution in [0.4, 0.5) is 5.69 Å². The van der Waals surface area contributed by atoms with Crippen LogP contribution in [0, 0.1) is 6.92 Å². The van der Waals surface area contributed by atoms with E-state index in [1.54, 1.807) is 18.7 Å². The molecule has 0 atom stereocenters. The van der Waals surface area contributed by atoms with Crippen LogP contribution in [0.2, 0.25) is 0 Å². The van der Waals surface area contributed by atoms with E-state index in [1.807, 2.05) is 31.2 Å². The molecule has 0 aliphatic carbocycles. The van der Waals surface area contributed by atoms with E-state index in [0.717, 1.165) is 15.8 Å². The number of imidazole rings is 1. The van der Waals surface area contributed by atoms with Crippen molar-refractivity contribution in [2.75, 3.05) is 11.1 Å². The Morgan fingerprint density at radius 2 is 1.74 bits per heavy atom. The molecule has 1 N–H and O–H groups in total. The number of fused-ring (bicyclic) bond motifs is 1. The second kappa shape index (κ2) is 7.43. The average Bonchev–Trinajstić information content (AvgIpc) is 2.97. The third-order valence-corrected chi connectivity index (χ3v) is 5.35. The van der Waals surface area contributed by atoms with Crippen LogP contribution in [0.1, 0.15) is 12.0 Å². The van der Waals surface area contributed by atoms with Gasteiger partial charge in [0.1, 0.15) is 0 Å². The summed E-state index contributed by atoms with van der Waals surface area (Å²) in [7, 11) is 4.79. The van der Waals surface area contributed by atoms with Crippen LogP contribution in [0.5, 0.6) is 0 Å². The molecule has 0 saturated carbocycles. The summed E-state index contributed by atoms with van der Waals surface area (Å²) in [5, 5.41) is 3.44. The van der Waals surface area contributed by atoms with E-state index in [-0.39, 0.29) is 11.4 Å². The minimum absolute atomic E-state index is 0.0894. The lowest BCUT2D eigenvalue weighted by atomic mass is 10.2. The van der Waals surface area contributed by atoms with E-state index in [2.05, 4.69) is 10.3 Å². The first-order valence-corrected chi connectivity index (χ1v) is 9.40. The number of aromatic nitrogens is 4. The van der Waals surface area contributed by atoms with Crippen LogP contribution in [0.15, 0.2) is 39.0 Å². The van der Waals surface area contributed by atoms with E-state index in [9.17, 15) is 14.4 Å². The van der Waals surface area contributed by atoms with Crippen LogP contribution in [0.25, 0.3) is 11.2 Å². The van der Waals surface area contributed by atoms with Gasteiger partial charge in [-0.15, -0.1) is 0 Å². The molecule has 0 unspecified atom stereocenters. The van der Waals surface area contributed by atoms with Crippen molar-refractivity contribution < 1.29 is 4.79 Å². The molecule has 0 saturated heterocycles. The SMILES string of the molecule is Cc1ccc(NC(=O)CCSc2nc3c(=O)n(C)c(=O)n(C)c3n2C)cc1. The number of amides is 1. The Balaban J connectivity index is 1.71. The zero-order chi connectivity index (χ0) is 19.7. The fraction of sp³-hybridized carbons (Fsp3) is 0.333. The van der Waals surface area contributed by atoms with Crippen molar-refractivity contribution in [3.05, 3.63) is 50.7 Å². The molecule has 1 aromatic carbocycles. The molecule has 2 aromatic heterocycles. The molecular formula is C18H21N5O3S. The van der Waals surface area contributed by atoms with Gasteiger partial charge in [0.05, 0.1) is 0 Å². The number of anilines is 1. The fourth-order valence-corrected chi connectivity index (χ4v) is 3.69. The third-order valence-electron chi connectivity index (χ3n) is 4.32. The van der Waals surface area contributed by atoms with Gasteiger partial charge >= 0.3 is 5.69 Å². The Labute approximate surface area is 159 Å². The summed E-state index contributed by atoms with van der Waals surface area (Å²) in [4.78, 5) is 40.8. The number of nitrogens with one attached hydrogen (secondary N) is 1. The summed E-state index contributed by atoms with van der Waals surface area (Å²) in [5.41, 5.74) is 1.78. The number of rotatable bonds is 5. The predicted molar refractivity (Wildman–Crippen MR) is 106 cm³/mol. The highest BCUT2D eigenvalue weighted by Gasteiger charge is 2.17. The maximum atomic E-state index is 12.3. The Morgan fingerprint density at radius 1 is 1.07 bits per heavy atom. The van der Waals surface area contributed by atoms with Crippen LogP contribution in [-0.4, -0.2) is 30.3 Å². The lowest BCUT2D eigenvalue weighted by molar-refractivity contribution is -0.115. The van der Waals surface area contributed by atoms with Crippen molar-refractivity contribution in [1.82, 2.24) is 18.7 Å². The predicted octanol–water partition coefficient (Wildman–Crippen LogP) is 1.40. The average molecular weight is 387 g/mol. The second-order valence-electron chi connectivity index (χ2n) is 6.34. The molecule has 0 radical (unpaired) electrons. The quantitative estimate of drug-likeness (QED) is 0.668. The third kappa shape index (κ3) is 3.68. The largest absolute Gasteiger partial charge is 0.332 e. The molecule has 0 fully saturated rings. The number of benzene rings is 1. The van der Waals surface area contributed by atoms with Gasteiger partial charge in [-0.1, -0.05) is 29.5 Å². The van der Waals surface area contributed by atoms with Crippen LogP contribution in [0.3, 0.4) is 0 Å². The Bertz CT molecular complexity index is 1130. The first kappa shape index (κ1) is 19.0. The van der Waals surface area contributed by atoms with Crippen molar-refractivity contribution in [3.8, 4) is 0 Å². The van der Waals surface area contributed by atoms with E-state index in [0.29, 0.717) is 23.0 Å². The number of nitrogens with zero attached hydrogens (tertiary/aromatic N) is 4. The number of carbonyl (C=O) groups excluding carboxylic acids is 1. The van der Waals surface area contributed by atoms with Crippen molar-refractivity contribution in [2.45, 2.75) is 18.5 Å². The van der Waals surface area contributed by atoms with Gasteiger partial charge in [-0.05, 0) is 19.1 Å². The summed E-state index contributed by atoms with van der Waals surface area (Å²) >= 11 is 1.37. The van der Waals surface area contributed by atoms with Gasteiger partial charge in [-0.3, -0.25) is 18.7 Å². The highest BCUT2D eigenvalue weighted by Crippen LogP contribution is 2.21. The molecule has 142 valence electrons. The summed E-state index contributed by atoms with van der Waals surface area (Å²) < 4.78 is 4.15. The zero-order valence-corrected chi connectivity index (χ0v) is 16.5. The lowest BCUT2D eigenvalue weighted by Gasteiger charge is -2.07. The number of hydrogen-bond donors (Lipinski definition) is 1. The number of carbonyl (C=O) groups is 1. The van der Waals surface area contributed by atoms with E-state index in [1.165, 1.54) is 23.4 Å². The van der Waals surface area contributed by atoms with Crippen LogP contribution >= 0.6 is 11.8 Å².